The van der Waals surface area contributed by atoms with Gasteiger partial charge in [0.1, 0.15) is 0 Å². The van der Waals surface area contributed by atoms with Crippen LogP contribution in [0.2, 0.25) is 0 Å². The Morgan fingerprint density at radius 1 is 1.19 bits per heavy atom. The molecule has 2 heteroatoms. The minimum absolute atomic E-state index is 0.359. The number of nitrogens with zero attached hydrogens (tertiary/aromatic N) is 1. The van der Waals surface area contributed by atoms with Crippen LogP contribution in [0.1, 0.15) is 35.6 Å². The summed E-state index contributed by atoms with van der Waals surface area (Å²) in [6.45, 7) is 0.693. The van der Waals surface area contributed by atoms with Gasteiger partial charge in [-0.2, -0.15) is 0 Å². The molecule has 0 aromatic heterocycles. The van der Waals surface area contributed by atoms with Crippen molar-refractivity contribution in [2.45, 2.75) is 31.8 Å². The van der Waals surface area contributed by atoms with Gasteiger partial charge in [-0.25, -0.2) is 0 Å². The largest absolute Gasteiger partial charge is 0.387 e. The van der Waals surface area contributed by atoms with Gasteiger partial charge in [0.05, 0.1) is 6.10 Å². The Bertz CT molecular complexity index is 360. The molecule has 1 aliphatic rings. The Balaban J connectivity index is 2.16. The molecule has 0 heterocycles. The summed E-state index contributed by atoms with van der Waals surface area (Å²) >= 11 is 0. The van der Waals surface area contributed by atoms with Crippen LogP contribution in [0.15, 0.2) is 18.2 Å². The summed E-state index contributed by atoms with van der Waals surface area (Å²) in [5, 5.41) is 10.1. The lowest BCUT2D eigenvalue weighted by atomic mass is 9.89. The second-order valence-corrected chi connectivity index (χ2v) is 5.01. The molecule has 0 aliphatic heterocycles. The minimum Gasteiger partial charge on any atom is -0.387 e. The van der Waals surface area contributed by atoms with E-state index in [1.807, 2.05) is 19.0 Å². The van der Waals surface area contributed by atoms with Crippen LogP contribution in [0, 0.1) is 0 Å². The summed E-state index contributed by atoms with van der Waals surface area (Å²) in [4.78, 5) is 2.02. The molecule has 0 bridgehead atoms. The zero-order valence-electron chi connectivity index (χ0n) is 10.2. The van der Waals surface area contributed by atoms with Crippen molar-refractivity contribution >= 4 is 0 Å². The fourth-order valence-corrected chi connectivity index (χ4v) is 2.41. The first-order valence-corrected chi connectivity index (χ1v) is 6.11. The lowest BCUT2D eigenvalue weighted by Crippen LogP contribution is -2.20. The molecule has 0 fully saturated rings. The predicted octanol–water partition coefficient (Wildman–Crippen LogP) is 2.16. The summed E-state index contributed by atoms with van der Waals surface area (Å²) in [5.74, 6) is 0. The standard InChI is InChI=1S/C14H21NO/c1-15(2)10-14(16)13-8-7-11-5-3-4-6-12(11)9-13/h7-9,14,16H,3-6,10H2,1-2H3. The van der Waals surface area contributed by atoms with Gasteiger partial charge in [0.15, 0.2) is 0 Å². The molecular weight excluding hydrogens is 198 g/mol. The van der Waals surface area contributed by atoms with E-state index in [0.29, 0.717) is 6.54 Å². The number of aliphatic hydroxyl groups excluding tert-OH is 1. The summed E-state index contributed by atoms with van der Waals surface area (Å²) < 4.78 is 0. The topological polar surface area (TPSA) is 23.5 Å². The second kappa shape index (κ2) is 4.98. The van der Waals surface area contributed by atoms with E-state index in [1.165, 1.54) is 36.8 Å². The lowest BCUT2D eigenvalue weighted by molar-refractivity contribution is 0.138. The third-order valence-electron chi connectivity index (χ3n) is 3.30. The Morgan fingerprint density at radius 3 is 2.56 bits per heavy atom. The fraction of sp³-hybridized carbons (Fsp3) is 0.571. The van der Waals surface area contributed by atoms with E-state index in [1.54, 1.807) is 0 Å². The van der Waals surface area contributed by atoms with E-state index in [-0.39, 0.29) is 6.10 Å². The number of rotatable bonds is 3. The van der Waals surface area contributed by atoms with Crippen molar-refractivity contribution in [1.29, 1.82) is 0 Å². The third kappa shape index (κ3) is 2.63. The average molecular weight is 219 g/mol. The van der Waals surface area contributed by atoms with Crippen LogP contribution in [0.3, 0.4) is 0 Å². The first kappa shape index (κ1) is 11.6. The van der Waals surface area contributed by atoms with Crippen LogP contribution < -0.4 is 0 Å². The summed E-state index contributed by atoms with van der Waals surface area (Å²) in [6.07, 6.45) is 4.63. The van der Waals surface area contributed by atoms with Crippen LogP contribution in [-0.2, 0) is 12.8 Å². The number of likely N-dealkylation sites (N-methyl/N-ethyl adjacent to an activating group) is 1. The predicted molar refractivity (Wildman–Crippen MR) is 66.6 cm³/mol. The van der Waals surface area contributed by atoms with Gasteiger partial charge in [-0.3, -0.25) is 0 Å². The van der Waals surface area contributed by atoms with Gasteiger partial charge in [-0.05, 0) is 56.5 Å². The zero-order chi connectivity index (χ0) is 11.5. The first-order chi connectivity index (χ1) is 7.66. The van der Waals surface area contributed by atoms with Crippen molar-refractivity contribution in [2.75, 3.05) is 20.6 Å². The van der Waals surface area contributed by atoms with Crippen molar-refractivity contribution in [3.63, 3.8) is 0 Å². The third-order valence-corrected chi connectivity index (χ3v) is 3.30. The smallest absolute Gasteiger partial charge is 0.0916 e. The SMILES string of the molecule is CN(C)CC(O)c1ccc2c(c1)CCCC2. The lowest BCUT2D eigenvalue weighted by Gasteiger charge is -2.20. The molecule has 2 rings (SSSR count). The molecule has 1 unspecified atom stereocenters. The molecule has 0 spiro atoms. The zero-order valence-corrected chi connectivity index (χ0v) is 10.2. The minimum atomic E-state index is -0.359. The van der Waals surface area contributed by atoms with Crippen molar-refractivity contribution in [1.82, 2.24) is 4.90 Å². The number of hydrogen-bond donors (Lipinski definition) is 1. The van der Waals surface area contributed by atoms with Crippen LogP contribution in [0.4, 0.5) is 0 Å². The fourth-order valence-electron chi connectivity index (χ4n) is 2.41. The van der Waals surface area contributed by atoms with Crippen molar-refractivity contribution < 1.29 is 5.11 Å². The highest BCUT2D eigenvalue weighted by molar-refractivity contribution is 5.34. The molecule has 88 valence electrons. The van der Waals surface area contributed by atoms with Crippen LogP contribution in [-0.4, -0.2) is 30.6 Å². The molecule has 1 aliphatic carbocycles. The van der Waals surface area contributed by atoms with Gasteiger partial charge in [-0.15, -0.1) is 0 Å². The summed E-state index contributed by atoms with van der Waals surface area (Å²) in [6, 6.07) is 6.48. The van der Waals surface area contributed by atoms with Crippen LogP contribution in [0.5, 0.6) is 0 Å². The molecule has 0 saturated carbocycles. The highest BCUT2D eigenvalue weighted by Crippen LogP contribution is 2.24. The van der Waals surface area contributed by atoms with Gasteiger partial charge < -0.3 is 10.0 Å². The van der Waals surface area contributed by atoms with Crippen LogP contribution >= 0.6 is 0 Å². The van der Waals surface area contributed by atoms with E-state index in [4.69, 9.17) is 0 Å². The summed E-state index contributed by atoms with van der Waals surface area (Å²) in [7, 11) is 3.98. The van der Waals surface area contributed by atoms with Gasteiger partial charge in [0.25, 0.3) is 0 Å². The molecule has 0 radical (unpaired) electrons. The van der Waals surface area contributed by atoms with E-state index in [2.05, 4.69) is 18.2 Å². The van der Waals surface area contributed by atoms with Gasteiger partial charge >= 0.3 is 0 Å². The molecule has 16 heavy (non-hydrogen) atoms. The molecule has 1 N–H and O–H groups in total. The Hall–Kier alpha value is -0.860. The van der Waals surface area contributed by atoms with Gasteiger partial charge in [-0.1, -0.05) is 18.2 Å². The molecule has 0 amide bonds. The number of aryl methyl sites for hydroxylation is 2. The quantitative estimate of drug-likeness (QED) is 0.842. The highest BCUT2D eigenvalue weighted by Gasteiger charge is 2.13. The van der Waals surface area contributed by atoms with Crippen LogP contribution in [0.25, 0.3) is 0 Å². The maximum absolute atomic E-state index is 10.1. The van der Waals surface area contributed by atoms with Gasteiger partial charge in [0, 0.05) is 6.54 Å². The molecule has 1 atom stereocenters. The second-order valence-electron chi connectivity index (χ2n) is 5.01. The Morgan fingerprint density at radius 2 is 1.88 bits per heavy atom. The molecule has 1 aromatic rings. The van der Waals surface area contributed by atoms with E-state index >= 15 is 0 Å². The number of hydrogen-bond acceptors (Lipinski definition) is 2. The van der Waals surface area contributed by atoms with Crippen molar-refractivity contribution in [3.05, 3.63) is 34.9 Å². The van der Waals surface area contributed by atoms with Gasteiger partial charge in [0.2, 0.25) is 0 Å². The Kier molecular flexibility index (Phi) is 3.62. The van der Waals surface area contributed by atoms with Crippen molar-refractivity contribution in [3.8, 4) is 0 Å². The molecular formula is C14H21NO. The molecule has 0 saturated heterocycles. The molecule has 2 nitrogen and oxygen atoms in total. The maximum Gasteiger partial charge on any atom is 0.0916 e. The number of fused-ring (bicyclic) bond motifs is 1. The van der Waals surface area contributed by atoms with E-state index in [0.717, 1.165) is 5.56 Å². The monoisotopic (exact) mass is 219 g/mol. The molecule has 1 aromatic carbocycles. The van der Waals surface area contributed by atoms with Crippen molar-refractivity contribution in [2.24, 2.45) is 0 Å². The van der Waals surface area contributed by atoms with E-state index < -0.39 is 0 Å². The maximum atomic E-state index is 10.1. The normalized spacial score (nSPS) is 17.2. The average Bonchev–Trinajstić information content (AvgIpc) is 2.27. The Labute approximate surface area is 97.9 Å². The highest BCUT2D eigenvalue weighted by atomic mass is 16.3. The van der Waals surface area contributed by atoms with E-state index in [9.17, 15) is 5.11 Å². The number of benzene rings is 1. The summed E-state index contributed by atoms with van der Waals surface area (Å²) in [5.41, 5.74) is 3.99. The first-order valence-electron chi connectivity index (χ1n) is 6.11. The number of aliphatic hydroxyl groups is 1.